The minimum atomic E-state index is -0.420. The number of carbonyl (C=O) groups excluding carboxylic acids is 3. The fourth-order valence-electron chi connectivity index (χ4n) is 4.16. The van der Waals surface area contributed by atoms with Crippen LogP contribution in [0.3, 0.4) is 0 Å². The SMILES string of the molecule is CCCNC(=O)COc1ccc(C2C=CC=C3C(=O)N4C(=C32)SC(=O)C4C(C)C)cc1I. The van der Waals surface area contributed by atoms with Crippen LogP contribution in [0.2, 0.25) is 0 Å². The quantitative estimate of drug-likeness (QED) is 0.505. The highest BCUT2D eigenvalue weighted by Crippen LogP contribution is 2.52. The van der Waals surface area contributed by atoms with Crippen molar-refractivity contribution >= 4 is 51.3 Å². The van der Waals surface area contributed by atoms with Crippen LogP contribution in [-0.2, 0) is 14.4 Å². The van der Waals surface area contributed by atoms with Crippen LogP contribution in [0.4, 0.5) is 0 Å². The second kappa shape index (κ2) is 9.43. The maximum absolute atomic E-state index is 13.2. The van der Waals surface area contributed by atoms with Crippen LogP contribution in [0.1, 0.15) is 38.7 Å². The molecular formula is C24H25IN2O4S. The average Bonchev–Trinajstić information content (AvgIpc) is 3.24. The lowest BCUT2D eigenvalue weighted by atomic mass is 9.84. The van der Waals surface area contributed by atoms with Gasteiger partial charge in [-0.15, -0.1) is 0 Å². The number of carbonyl (C=O) groups is 3. The maximum Gasteiger partial charge on any atom is 0.259 e. The molecule has 1 N–H and O–H groups in total. The summed E-state index contributed by atoms with van der Waals surface area (Å²) in [6, 6.07) is 5.41. The molecule has 1 aromatic rings. The summed E-state index contributed by atoms with van der Waals surface area (Å²) in [5.74, 6) is 0.338. The highest BCUT2D eigenvalue weighted by Gasteiger charge is 2.51. The van der Waals surface area contributed by atoms with Gasteiger partial charge in [0.15, 0.2) is 6.61 Å². The Morgan fingerprint density at radius 3 is 2.78 bits per heavy atom. The number of halogens is 1. The van der Waals surface area contributed by atoms with E-state index in [9.17, 15) is 14.4 Å². The normalized spacial score (nSPS) is 21.8. The molecule has 2 heterocycles. The lowest BCUT2D eigenvalue weighted by Gasteiger charge is -2.22. The molecule has 0 saturated carbocycles. The van der Waals surface area contributed by atoms with Crippen LogP contribution in [0, 0.1) is 9.49 Å². The molecule has 3 aliphatic rings. The van der Waals surface area contributed by atoms with Crippen molar-refractivity contribution in [1.82, 2.24) is 10.2 Å². The Morgan fingerprint density at radius 1 is 1.31 bits per heavy atom. The maximum atomic E-state index is 13.2. The van der Waals surface area contributed by atoms with E-state index in [2.05, 4.69) is 34.0 Å². The van der Waals surface area contributed by atoms with Gasteiger partial charge in [-0.25, -0.2) is 0 Å². The summed E-state index contributed by atoms with van der Waals surface area (Å²) >= 11 is 3.39. The highest BCUT2D eigenvalue weighted by molar-refractivity contribution is 14.1. The van der Waals surface area contributed by atoms with Crippen molar-refractivity contribution in [2.45, 2.75) is 39.2 Å². The van der Waals surface area contributed by atoms with Crippen molar-refractivity contribution in [1.29, 1.82) is 0 Å². The Hall–Kier alpha value is -2.07. The zero-order chi connectivity index (χ0) is 23.0. The van der Waals surface area contributed by atoms with Crippen molar-refractivity contribution in [3.8, 4) is 5.75 Å². The van der Waals surface area contributed by atoms with Crippen LogP contribution >= 0.6 is 34.4 Å². The van der Waals surface area contributed by atoms with Crippen LogP contribution in [-0.4, -0.2) is 41.0 Å². The van der Waals surface area contributed by atoms with E-state index < -0.39 is 6.04 Å². The summed E-state index contributed by atoms with van der Waals surface area (Å²) in [4.78, 5) is 39.3. The van der Waals surface area contributed by atoms with E-state index in [1.807, 2.05) is 51.1 Å². The summed E-state index contributed by atoms with van der Waals surface area (Å²) in [7, 11) is 0. The second-order valence-electron chi connectivity index (χ2n) is 8.28. The minimum Gasteiger partial charge on any atom is -0.483 e. The average molecular weight is 564 g/mol. The summed E-state index contributed by atoms with van der Waals surface area (Å²) in [5, 5.41) is 3.59. The number of hydrogen-bond acceptors (Lipinski definition) is 5. The largest absolute Gasteiger partial charge is 0.483 e. The van der Waals surface area contributed by atoms with Gasteiger partial charge in [-0.1, -0.05) is 39.0 Å². The van der Waals surface area contributed by atoms with Crippen LogP contribution < -0.4 is 10.1 Å². The number of ether oxygens (including phenoxy) is 1. The van der Waals surface area contributed by atoms with Crippen molar-refractivity contribution in [2.75, 3.05) is 13.2 Å². The molecule has 2 aliphatic heterocycles. The topological polar surface area (TPSA) is 75.7 Å². The second-order valence-corrected chi connectivity index (χ2v) is 10.4. The van der Waals surface area contributed by atoms with Gasteiger partial charge in [0.2, 0.25) is 5.12 Å². The number of benzene rings is 1. The minimum absolute atomic E-state index is 0.0281. The van der Waals surface area contributed by atoms with E-state index in [4.69, 9.17) is 4.74 Å². The van der Waals surface area contributed by atoms with E-state index in [0.29, 0.717) is 17.9 Å². The molecule has 32 heavy (non-hydrogen) atoms. The number of fused-ring (bicyclic) bond motifs is 2. The molecule has 6 nitrogen and oxygen atoms in total. The van der Waals surface area contributed by atoms with Gasteiger partial charge in [0.05, 0.1) is 8.60 Å². The summed E-state index contributed by atoms with van der Waals surface area (Å²) in [6.45, 7) is 6.55. The van der Waals surface area contributed by atoms with E-state index in [1.54, 1.807) is 4.90 Å². The predicted molar refractivity (Wildman–Crippen MR) is 133 cm³/mol. The van der Waals surface area contributed by atoms with Gasteiger partial charge >= 0.3 is 0 Å². The van der Waals surface area contributed by atoms with Crippen molar-refractivity contribution in [2.24, 2.45) is 5.92 Å². The molecule has 168 valence electrons. The molecule has 8 heteroatoms. The number of amides is 2. The van der Waals surface area contributed by atoms with Gasteiger partial charge in [0.25, 0.3) is 11.8 Å². The van der Waals surface area contributed by atoms with E-state index in [1.165, 1.54) is 11.8 Å². The number of nitrogens with one attached hydrogen (secondary N) is 1. The van der Waals surface area contributed by atoms with Crippen LogP contribution in [0.15, 0.2) is 52.6 Å². The Bertz CT molecular complexity index is 1080. The predicted octanol–water partition coefficient (Wildman–Crippen LogP) is 4.13. The zero-order valence-corrected chi connectivity index (χ0v) is 21.2. The van der Waals surface area contributed by atoms with Gasteiger partial charge in [-0.05, 0) is 70.5 Å². The first-order chi connectivity index (χ1) is 15.3. The molecule has 1 fully saturated rings. The lowest BCUT2D eigenvalue weighted by molar-refractivity contribution is -0.130. The fraction of sp³-hybridized carbons (Fsp3) is 0.375. The van der Waals surface area contributed by atoms with E-state index >= 15 is 0 Å². The third-order valence-electron chi connectivity index (χ3n) is 5.66. The van der Waals surface area contributed by atoms with Crippen molar-refractivity contribution < 1.29 is 19.1 Å². The molecule has 0 radical (unpaired) electrons. The Labute approximate surface area is 205 Å². The Kier molecular flexibility index (Phi) is 6.80. The molecule has 0 bridgehead atoms. The van der Waals surface area contributed by atoms with Gasteiger partial charge in [0.1, 0.15) is 11.8 Å². The lowest BCUT2D eigenvalue weighted by Crippen LogP contribution is -2.39. The molecule has 1 aromatic carbocycles. The molecule has 2 unspecified atom stereocenters. The van der Waals surface area contributed by atoms with Crippen LogP contribution in [0.25, 0.3) is 0 Å². The third-order valence-corrected chi connectivity index (χ3v) is 7.56. The molecule has 0 aromatic heterocycles. The summed E-state index contributed by atoms with van der Waals surface area (Å²) < 4.78 is 6.58. The Morgan fingerprint density at radius 2 is 2.09 bits per heavy atom. The molecule has 4 rings (SSSR count). The fourth-order valence-corrected chi connectivity index (χ4v) is 6.18. The number of rotatable bonds is 7. The van der Waals surface area contributed by atoms with Gasteiger partial charge in [-0.3, -0.25) is 19.3 Å². The summed E-state index contributed by atoms with van der Waals surface area (Å²) in [6.07, 6.45) is 6.69. The number of nitrogens with zero attached hydrogens (tertiary/aromatic N) is 1. The first-order valence-corrected chi connectivity index (χ1v) is 12.6. The first kappa shape index (κ1) is 23.1. The van der Waals surface area contributed by atoms with Gasteiger partial charge in [0, 0.05) is 23.6 Å². The number of thioether (sulfide) groups is 1. The summed E-state index contributed by atoms with van der Waals surface area (Å²) in [5.41, 5.74) is 2.58. The van der Waals surface area contributed by atoms with E-state index in [0.717, 1.165) is 26.2 Å². The molecular weight excluding hydrogens is 539 g/mol. The zero-order valence-electron chi connectivity index (χ0n) is 18.2. The molecule has 2 atom stereocenters. The molecule has 0 spiro atoms. The molecule has 1 saturated heterocycles. The smallest absolute Gasteiger partial charge is 0.259 e. The molecule has 1 aliphatic carbocycles. The number of hydrogen-bond donors (Lipinski definition) is 1. The molecule has 2 amide bonds. The first-order valence-electron chi connectivity index (χ1n) is 10.7. The van der Waals surface area contributed by atoms with E-state index in [-0.39, 0.29) is 35.4 Å². The van der Waals surface area contributed by atoms with Gasteiger partial charge in [-0.2, -0.15) is 0 Å². The van der Waals surface area contributed by atoms with Crippen molar-refractivity contribution in [3.05, 3.63) is 61.7 Å². The van der Waals surface area contributed by atoms with Crippen molar-refractivity contribution in [3.63, 3.8) is 0 Å². The van der Waals surface area contributed by atoms with Gasteiger partial charge < -0.3 is 10.1 Å². The third kappa shape index (κ3) is 4.14. The Balaban J connectivity index is 1.60. The standard InChI is InChI=1S/C24H25IN2O4S/c1-4-10-26-19(28)12-31-18-9-8-14(11-17(18)25)15-6-5-7-16-20(15)23-27(22(16)29)21(13(2)3)24(30)32-23/h5-9,11,13,15,21H,4,10,12H2,1-3H3,(H,26,28). The highest BCUT2D eigenvalue weighted by atomic mass is 127. The van der Waals surface area contributed by atoms with Crippen LogP contribution in [0.5, 0.6) is 5.75 Å². The number of allylic oxidation sites excluding steroid dienone is 3. The monoisotopic (exact) mass is 564 g/mol.